The van der Waals surface area contributed by atoms with E-state index in [0.717, 1.165) is 33.1 Å². The van der Waals surface area contributed by atoms with Crippen LogP contribution >= 0.6 is 23.2 Å². The van der Waals surface area contributed by atoms with Crippen LogP contribution in [0.5, 0.6) is 0 Å². The molecule has 2 N–H and O–H groups in total. The molecule has 0 saturated heterocycles. The Hall–Kier alpha value is -3.08. The Balaban J connectivity index is 0.000000161. The van der Waals surface area contributed by atoms with E-state index < -0.39 is 0 Å². The van der Waals surface area contributed by atoms with E-state index in [1.165, 1.54) is 0 Å². The first-order chi connectivity index (χ1) is 13.7. The van der Waals surface area contributed by atoms with Crippen molar-refractivity contribution in [3.63, 3.8) is 0 Å². The van der Waals surface area contributed by atoms with E-state index in [9.17, 15) is 0 Å². The van der Waals surface area contributed by atoms with Crippen molar-refractivity contribution in [2.24, 2.45) is 0 Å². The van der Waals surface area contributed by atoms with Gasteiger partial charge in [0.2, 0.25) is 0 Å². The Kier molecular flexibility index (Phi) is 7.24. The molecule has 0 radical (unpaired) electrons. The van der Waals surface area contributed by atoms with Gasteiger partial charge in [-0.3, -0.25) is 0 Å². The number of rotatable bonds is 4. The average Bonchev–Trinajstić information content (AvgIpc) is 2.74. The van der Waals surface area contributed by atoms with E-state index in [1.54, 1.807) is 12.4 Å². The number of anilines is 4. The van der Waals surface area contributed by atoms with Crippen LogP contribution in [0, 0.1) is 0 Å². The summed E-state index contributed by atoms with van der Waals surface area (Å²) in [7, 11) is 0. The molecule has 4 nitrogen and oxygen atoms in total. The van der Waals surface area contributed by atoms with E-state index in [4.69, 9.17) is 23.2 Å². The maximum absolute atomic E-state index is 5.77. The van der Waals surface area contributed by atoms with Gasteiger partial charge in [-0.05, 0) is 72.8 Å². The van der Waals surface area contributed by atoms with E-state index in [-0.39, 0.29) is 0 Å². The molecule has 0 atom stereocenters. The average molecular weight is 409 g/mol. The van der Waals surface area contributed by atoms with E-state index in [2.05, 4.69) is 20.6 Å². The Bertz CT molecular complexity index is 878. The molecule has 0 amide bonds. The fraction of sp³-hybridized carbons (Fsp3) is 0. The Labute approximate surface area is 174 Å². The molecule has 0 fully saturated rings. The molecule has 6 heteroatoms. The number of halogens is 2. The highest BCUT2D eigenvalue weighted by atomic mass is 35.5. The van der Waals surface area contributed by atoms with Crippen LogP contribution in [0.15, 0.2) is 97.3 Å². The number of pyridine rings is 2. The highest BCUT2D eigenvalue weighted by molar-refractivity contribution is 6.30. The van der Waals surface area contributed by atoms with Crippen molar-refractivity contribution >= 4 is 46.2 Å². The summed E-state index contributed by atoms with van der Waals surface area (Å²) in [5.41, 5.74) is 1.96. The summed E-state index contributed by atoms with van der Waals surface area (Å²) in [5.74, 6) is 1.66. The molecule has 0 spiro atoms. The topological polar surface area (TPSA) is 49.8 Å². The molecule has 140 valence electrons. The van der Waals surface area contributed by atoms with Gasteiger partial charge >= 0.3 is 0 Å². The molecular formula is C22H18Cl2N4. The minimum absolute atomic E-state index is 0.733. The Morgan fingerprint density at radius 2 is 0.893 bits per heavy atom. The number of nitrogens with zero attached hydrogens (tertiary/aromatic N) is 2. The summed E-state index contributed by atoms with van der Waals surface area (Å²) in [6, 6.07) is 26.5. The molecule has 0 saturated carbocycles. The quantitative estimate of drug-likeness (QED) is 0.383. The fourth-order valence-corrected chi connectivity index (χ4v) is 2.49. The standard InChI is InChI=1S/2C11H9ClN2/c2*12-9-4-6-10(7-5-9)14-11-3-1-2-8-13-11/h2*1-8H,(H,13,14). The second-order valence-corrected chi connectivity index (χ2v) is 6.57. The normalized spacial score (nSPS) is 9.79. The number of nitrogens with one attached hydrogen (secondary N) is 2. The second-order valence-electron chi connectivity index (χ2n) is 5.69. The van der Waals surface area contributed by atoms with Crippen LogP contribution in [0.25, 0.3) is 0 Å². The molecule has 0 bridgehead atoms. The largest absolute Gasteiger partial charge is 0.340 e. The number of aromatic nitrogens is 2. The predicted octanol–water partition coefficient (Wildman–Crippen LogP) is 6.96. The molecule has 2 aromatic heterocycles. The first kappa shape index (κ1) is 19.7. The van der Waals surface area contributed by atoms with Gasteiger partial charge in [-0.2, -0.15) is 0 Å². The van der Waals surface area contributed by atoms with Gasteiger partial charge in [0.1, 0.15) is 11.6 Å². The SMILES string of the molecule is Clc1ccc(Nc2ccccn2)cc1.Clc1ccc(Nc2ccccn2)cc1. The van der Waals surface area contributed by atoms with Gasteiger partial charge in [-0.25, -0.2) is 9.97 Å². The zero-order valence-electron chi connectivity index (χ0n) is 14.9. The van der Waals surface area contributed by atoms with Gasteiger partial charge in [0.15, 0.2) is 0 Å². The van der Waals surface area contributed by atoms with Crippen molar-refractivity contribution < 1.29 is 0 Å². The molecule has 0 aliphatic rings. The maximum Gasteiger partial charge on any atom is 0.130 e. The minimum Gasteiger partial charge on any atom is -0.340 e. The molecule has 28 heavy (non-hydrogen) atoms. The highest BCUT2D eigenvalue weighted by Crippen LogP contribution is 2.17. The lowest BCUT2D eigenvalue weighted by molar-refractivity contribution is 1.31. The third-order valence-electron chi connectivity index (χ3n) is 3.56. The molecule has 2 heterocycles. The van der Waals surface area contributed by atoms with Gasteiger partial charge in [0.25, 0.3) is 0 Å². The second kappa shape index (κ2) is 10.3. The van der Waals surface area contributed by atoms with E-state index >= 15 is 0 Å². The highest BCUT2D eigenvalue weighted by Gasteiger charge is 1.94. The van der Waals surface area contributed by atoms with Crippen molar-refractivity contribution in [3.8, 4) is 0 Å². The van der Waals surface area contributed by atoms with Crippen LogP contribution in [0.1, 0.15) is 0 Å². The van der Waals surface area contributed by atoms with Crippen molar-refractivity contribution in [3.05, 3.63) is 107 Å². The summed E-state index contributed by atoms with van der Waals surface area (Å²) >= 11 is 11.5. The molecule has 2 aromatic carbocycles. The van der Waals surface area contributed by atoms with Gasteiger partial charge in [0, 0.05) is 33.8 Å². The van der Waals surface area contributed by atoms with Crippen LogP contribution in [0.2, 0.25) is 10.0 Å². The molecule has 0 unspecified atom stereocenters. The predicted molar refractivity (Wildman–Crippen MR) is 118 cm³/mol. The van der Waals surface area contributed by atoms with Gasteiger partial charge in [0.05, 0.1) is 0 Å². The van der Waals surface area contributed by atoms with Crippen molar-refractivity contribution in [1.82, 2.24) is 9.97 Å². The van der Waals surface area contributed by atoms with Crippen molar-refractivity contribution in [2.45, 2.75) is 0 Å². The summed E-state index contributed by atoms with van der Waals surface area (Å²) in [5, 5.41) is 7.79. The number of hydrogen-bond acceptors (Lipinski definition) is 4. The lowest BCUT2D eigenvalue weighted by Gasteiger charge is -2.04. The summed E-state index contributed by atoms with van der Waals surface area (Å²) < 4.78 is 0. The molecular weight excluding hydrogens is 391 g/mol. The monoisotopic (exact) mass is 408 g/mol. The lowest BCUT2D eigenvalue weighted by atomic mass is 10.3. The molecule has 4 rings (SSSR count). The Morgan fingerprint density at radius 1 is 0.500 bits per heavy atom. The minimum atomic E-state index is 0.733. The third-order valence-corrected chi connectivity index (χ3v) is 4.07. The van der Waals surface area contributed by atoms with E-state index in [0.29, 0.717) is 0 Å². The number of benzene rings is 2. The third kappa shape index (κ3) is 6.58. The van der Waals surface area contributed by atoms with Crippen LogP contribution in [0.4, 0.5) is 23.0 Å². The van der Waals surface area contributed by atoms with Gasteiger partial charge < -0.3 is 10.6 Å². The van der Waals surface area contributed by atoms with Crippen LogP contribution in [-0.4, -0.2) is 9.97 Å². The van der Waals surface area contributed by atoms with Crippen molar-refractivity contribution in [1.29, 1.82) is 0 Å². The van der Waals surface area contributed by atoms with Crippen LogP contribution < -0.4 is 10.6 Å². The van der Waals surface area contributed by atoms with Crippen LogP contribution in [0.3, 0.4) is 0 Å². The first-order valence-electron chi connectivity index (χ1n) is 8.56. The van der Waals surface area contributed by atoms with Crippen LogP contribution in [-0.2, 0) is 0 Å². The summed E-state index contributed by atoms with van der Waals surface area (Å²) in [6.45, 7) is 0. The van der Waals surface area contributed by atoms with Crippen molar-refractivity contribution in [2.75, 3.05) is 10.6 Å². The molecule has 0 aliphatic carbocycles. The van der Waals surface area contributed by atoms with Gasteiger partial charge in [-0.1, -0.05) is 35.3 Å². The smallest absolute Gasteiger partial charge is 0.130 e. The zero-order chi connectivity index (χ0) is 19.6. The maximum atomic E-state index is 5.77. The zero-order valence-corrected chi connectivity index (χ0v) is 16.4. The number of hydrogen-bond donors (Lipinski definition) is 2. The fourth-order valence-electron chi connectivity index (χ4n) is 2.24. The summed E-state index contributed by atoms with van der Waals surface area (Å²) in [6.07, 6.45) is 3.50. The Morgan fingerprint density at radius 3 is 1.21 bits per heavy atom. The first-order valence-corrected chi connectivity index (χ1v) is 9.32. The summed E-state index contributed by atoms with van der Waals surface area (Å²) in [4.78, 5) is 8.30. The molecule has 0 aliphatic heterocycles. The van der Waals surface area contributed by atoms with Gasteiger partial charge in [-0.15, -0.1) is 0 Å². The van der Waals surface area contributed by atoms with E-state index in [1.807, 2.05) is 84.9 Å². The molecule has 4 aromatic rings. The lowest BCUT2D eigenvalue weighted by Crippen LogP contribution is -1.91.